The van der Waals surface area contributed by atoms with E-state index in [2.05, 4.69) is 20.6 Å². The van der Waals surface area contributed by atoms with Gasteiger partial charge in [0.2, 0.25) is 11.6 Å². The van der Waals surface area contributed by atoms with E-state index in [9.17, 15) is 10.1 Å². The zero-order valence-corrected chi connectivity index (χ0v) is 11.0. The zero-order chi connectivity index (χ0) is 14.4. The Labute approximate surface area is 115 Å². The van der Waals surface area contributed by atoms with Crippen LogP contribution in [-0.2, 0) is 6.54 Å². The third kappa shape index (κ3) is 3.22. The molecule has 2 aromatic heterocycles. The second-order valence-electron chi connectivity index (χ2n) is 4.04. The van der Waals surface area contributed by atoms with Gasteiger partial charge in [-0.15, -0.1) is 0 Å². The van der Waals surface area contributed by atoms with Crippen LogP contribution in [0.1, 0.15) is 19.1 Å². The Morgan fingerprint density at radius 1 is 1.35 bits per heavy atom. The molecule has 0 fully saturated rings. The van der Waals surface area contributed by atoms with Crippen LogP contribution in [0, 0.1) is 10.1 Å². The summed E-state index contributed by atoms with van der Waals surface area (Å²) in [4.78, 5) is 18.5. The highest BCUT2D eigenvalue weighted by Gasteiger charge is 2.22. The van der Waals surface area contributed by atoms with Gasteiger partial charge in [0.15, 0.2) is 0 Å². The van der Waals surface area contributed by atoms with Crippen LogP contribution in [0.15, 0.2) is 29.1 Å². The van der Waals surface area contributed by atoms with E-state index in [0.717, 1.165) is 6.42 Å². The van der Waals surface area contributed by atoms with Crippen LogP contribution in [0.5, 0.6) is 0 Å². The summed E-state index contributed by atoms with van der Waals surface area (Å²) in [6, 6.07) is 3.52. The molecule has 0 unspecified atom stereocenters. The summed E-state index contributed by atoms with van der Waals surface area (Å²) in [7, 11) is 0. The molecule has 0 spiro atoms. The maximum Gasteiger partial charge on any atom is 0.353 e. The van der Waals surface area contributed by atoms with E-state index in [-0.39, 0.29) is 17.3 Å². The van der Waals surface area contributed by atoms with Crippen LogP contribution >= 0.6 is 0 Å². The quantitative estimate of drug-likeness (QED) is 0.591. The summed E-state index contributed by atoms with van der Waals surface area (Å²) in [5, 5.41) is 17.0. The number of hydrogen-bond acceptors (Lipinski definition) is 7. The van der Waals surface area contributed by atoms with Gasteiger partial charge in [0.25, 0.3) is 0 Å². The molecule has 0 atom stereocenters. The van der Waals surface area contributed by atoms with Crippen molar-refractivity contribution in [2.24, 2.45) is 0 Å². The minimum absolute atomic E-state index is 0.160. The van der Waals surface area contributed by atoms with Gasteiger partial charge in [-0.3, -0.25) is 10.1 Å². The van der Waals surface area contributed by atoms with E-state index in [1.807, 2.05) is 6.92 Å². The number of nitrogens with zero attached hydrogens (tertiary/aromatic N) is 3. The number of rotatable bonds is 7. The van der Waals surface area contributed by atoms with E-state index in [1.165, 1.54) is 6.33 Å². The molecule has 2 aromatic rings. The Balaban J connectivity index is 2.20. The van der Waals surface area contributed by atoms with Gasteiger partial charge in [0, 0.05) is 6.54 Å². The van der Waals surface area contributed by atoms with Crippen LogP contribution < -0.4 is 10.6 Å². The van der Waals surface area contributed by atoms with Crippen molar-refractivity contribution in [2.75, 3.05) is 17.2 Å². The molecule has 0 saturated carbocycles. The monoisotopic (exact) mass is 277 g/mol. The highest BCUT2D eigenvalue weighted by Crippen LogP contribution is 2.29. The fourth-order valence-electron chi connectivity index (χ4n) is 1.64. The second-order valence-corrected chi connectivity index (χ2v) is 4.04. The topological polar surface area (TPSA) is 106 Å². The van der Waals surface area contributed by atoms with Gasteiger partial charge in [0.1, 0.15) is 12.1 Å². The molecular formula is C12H15N5O3. The summed E-state index contributed by atoms with van der Waals surface area (Å²) < 4.78 is 5.16. The molecule has 8 heteroatoms. The van der Waals surface area contributed by atoms with Crippen molar-refractivity contribution < 1.29 is 9.34 Å². The van der Waals surface area contributed by atoms with Crippen LogP contribution in [-0.4, -0.2) is 21.4 Å². The summed E-state index contributed by atoms with van der Waals surface area (Å²) in [5.41, 5.74) is -0.160. The molecule has 2 rings (SSSR count). The first-order chi connectivity index (χ1) is 9.72. The van der Waals surface area contributed by atoms with Crippen LogP contribution in [0.2, 0.25) is 0 Å². The van der Waals surface area contributed by atoms with E-state index in [4.69, 9.17) is 4.42 Å². The number of hydrogen-bond donors (Lipinski definition) is 2. The maximum atomic E-state index is 11.2. The van der Waals surface area contributed by atoms with Crippen molar-refractivity contribution in [1.82, 2.24) is 9.97 Å². The smallest absolute Gasteiger partial charge is 0.353 e. The summed E-state index contributed by atoms with van der Waals surface area (Å²) >= 11 is 0. The lowest BCUT2D eigenvalue weighted by molar-refractivity contribution is -0.383. The van der Waals surface area contributed by atoms with E-state index in [0.29, 0.717) is 18.8 Å². The Kier molecular flexibility index (Phi) is 4.48. The minimum Gasteiger partial charge on any atom is -0.467 e. The van der Waals surface area contributed by atoms with Gasteiger partial charge in [0.05, 0.1) is 17.7 Å². The molecule has 0 aliphatic heterocycles. The Bertz CT molecular complexity index is 570. The normalized spacial score (nSPS) is 10.2. The van der Waals surface area contributed by atoms with Crippen molar-refractivity contribution in [3.8, 4) is 0 Å². The largest absolute Gasteiger partial charge is 0.467 e. The average Bonchev–Trinajstić information content (AvgIpc) is 2.95. The van der Waals surface area contributed by atoms with Gasteiger partial charge >= 0.3 is 5.69 Å². The lowest BCUT2D eigenvalue weighted by Crippen LogP contribution is -2.10. The summed E-state index contributed by atoms with van der Waals surface area (Å²) in [6.07, 6.45) is 3.67. The number of furan rings is 1. The molecule has 0 aliphatic carbocycles. The third-order valence-corrected chi connectivity index (χ3v) is 2.56. The SMILES string of the molecule is CCCNc1ncnc(NCc2ccco2)c1[N+](=O)[O-]. The molecular weight excluding hydrogens is 262 g/mol. The van der Waals surface area contributed by atoms with Crippen LogP contribution in [0.3, 0.4) is 0 Å². The van der Waals surface area contributed by atoms with Crippen molar-refractivity contribution in [3.63, 3.8) is 0 Å². The zero-order valence-electron chi connectivity index (χ0n) is 11.0. The first-order valence-electron chi connectivity index (χ1n) is 6.22. The van der Waals surface area contributed by atoms with Crippen molar-refractivity contribution in [1.29, 1.82) is 0 Å². The molecule has 0 saturated heterocycles. The molecule has 2 heterocycles. The standard InChI is InChI=1S/C12H15N5O3/c1-2-5-13-11-10(17(18)19)12(16-8-15-11)14-7-9-4-3-6-20-9/h3-4,6,8H,2,5,7H2,1H3,(H2,13,14,15,16). The highest BCUT2D eigenvalue weighted by molar-refractivity contribution is 5.69. The van der Waals surface area contributed by atoms with Gasteiger partial charge in [-0.2, -0.15) is 0 Å². The molecule has 106 valence electrons. The number of nitrogens with one attached hydrogen (secondary N) is 2. The molecule has 0 amide bonds. The van der Waals surface area contributed by atoms with Crippen molar-refractivity contribution >= 4 is 17.3 Å². The van der Waals surface area contributed by atoms with Gasteiger partial charge in [-0.25, -0.2) is 9.97 Å². The Hall–Kier alpha value is -2.64. The first kappa shape index (κ1) is 13.8. The molecule has 0 aliphatic rings. The average molecular weight is 277 g/mol. The van der Waals surface area contributed by atoms with E-state index >= 15 is 0 Å². The third-order valence-electron chi connectivity index (χ3n) is 2.56. The first-order valence-corrected chi connectivity index (χ1v) is 6.22. The molecule has 8 nitrogen and oxygen atoms in total. The minimum atomic E-state index is -0.498. The van der Waals surface area contributed by atoms with Crippen LogP contribution in [0.4, 0.5) is 17.3 Å². The number of aromatic nitrogens is 2. The van der Waals surface area contributed by atoms with Gasteiger partial charge in [-0.1, -0.05) is 6.92 Å². The lowest BCUT2D eigenvalue weighted by Gasteiger charge is -2.08. The van der Waals surface area contributed by atoms with Gasteiger partial charge in [-0.05, 0) is 18.6 Å². The molecule has 0 radical (unpaired) electrons. The predicted molar refractivity (Wildman–Crippen MR) is 73.5 cm³/mol. The van der Waals surface area contributed by atoms with Gasteiger partial charge < -0.3 is 15.1 Å². The van der Waals surface area contributed by atoms with Crippen LogP contribution in [0.25, 0.3) is 0 Å². The molecule has 0 aromatic carbocycles. The Morgan fingerprint density at radius 2 is 2.10 bits per heavy atom. The molecule has 0 bridgehead atoms. The summed E-state index contributed by atoms with van der Waals surface area (Å²) in [5.74, 6) is 1.05. The lowest BCUT2D eigenvalue weighted by atomic mass is 10.3. The van der Waals surface area contributed by atoms with E-state index in [1.54, 1.807) is 18.4 Å². The van der Waals surface area contributed by atoms with Crippen molar-refractivity contribution in [3.05, 3.63) is 40.6 Å². The van der Waals surface area contributed by atoms with Crippen molar-refractivity contribution in [2.45, 2.75) is 19.9 Å². The fourth-order valence-corrected chi connectivity index (χ4v) is 1.64. The highest BCUT2D eigenvalue weighted by atomic mass is 16.6. The summed E-state index contributed by atoms with van der Waals surface area (Å²) in [6.45, 7) is 2.89. The predicted octanol–water partition coefficient (Wildman–Crippen LogP) is 2.41. The fraction of sp³-hybridized carbons (Fsp3) is 0.333. The number of nitro groups is 1. The van der Waals surface area contributed by atoms with E-state index < -0.39 is 4.92 Å². The maximum absolute atomic E-state index is 11.2. The molecule has 2 N–H and O–H groups in total. The number of anilines is 2. The second kappa shape index (κ2) is 6.50. The molecule has 20 heavy (non-hydrogen) atoms. The Morgan fingerprint density at radius 3 is 2.70 bits per heavy atom.